The van der Waals surface area contributed by atoms with Crippen molar-refractivity contribution in [3.05, 3.63) is 45.7 Å². The molecule has 0 radical (unpaired) electrons. The van der Waals surface area contributed by atoms with Gasteiger partial charge in [-0.05, 0) is 55.0 Å². The van der Waals surface area contributed by atoms with Crippen LogP contribution in [0.25, 0.3) is 10.9 Å². The van der Waals surface area contributed by atoms with Gasteiger partial charge in [-0.1, -0.05) is 13.0 Å². The minimum atomic E-state index is -0.0134. The molecule has 2 rings (SSSR count). The highest BCUT2D eigenvalue weighted by Crippen LogP contribution is 2.16. The normalized spacial score (nSPS) is 12.9. The molecule has 0 aliphatic rings. The third-order valence-corrected chi connectivity index (χ3v) is 3.08. The number of benzene rings is 1. The lowest BCUT2D eigenvalue weighted by Gasteiger charge is -2.09. The Kier molecular flexibility index (Phi) is 3.29. The summed E-state index contributed by atoms with van der Waals surface area (Å²) in [5.41, 5.74) is 8.53. The molecule has 1 aromatic carbocycles. The van der Waals surface area contributed by atoms with E-state index in [-0.39, 0.29) is 5.56 Å². The van der Waals surface area contributed by atoms with Crippen LogP contribution in [-0.4, -0.2) is 11.5 Å². The fourth-order valence-corrected chi connectivity index (χ4v) is 1.98. The van der Waals surface area contributed by atoms with E-state index in [0.29, 0.717) is 12.5 Å². The molecule has 1 aromatic heterocycles. The van der Waals surface area contributed by atoms with Gasteiger partial charge in [-0.3, -0.25) is 4.79 Å². The van der Waals surface area contributed by atoms with Gasteiger partial charge in [0, 0.05) is 11.1 Å². The van der Waals surface area contributed by atoms with Crippen molar-refractivity contribution in [2.24, 2.45) is 11.7 Å². The number of aromatic nitrogens is 1. The Morgan fingerprint density at radius 2 is 2.12 bits per heavy atom. The van der Waals surface area contributed by atoms with E-state index in [1.54, 1.807) is 0 Å². The van der Waals surface area contributed by atoms with Gasteiger partial charge < -0.3 is 10.7 Å². The Morgan fingerprint density at radius 3 is 2.82 bits per heavy atom. The zero-order valence-electron chi connectivity index (χ0n) is 10.3. The summed E-state index contributed by atoms with van der Waals surface area (Å²) < 4.78 is 0. The average molecular weight is 230 g/mol. The van der Waals surface area contributed by atoms with Crippen LogP contribution in [0.5, 0.6) is 0 Å². The number of rotatable bonds is 3. The van der Waals surface area contributed by atoms with E-state index in [0.717, 1.165) is 22.9 Å². The second-order valence-corrected chi connectivity index (χ2v) is 4.75. The molecule has 0 saturated carbocycles. The van der Waals surface area contributed by atoms with E-state index >= 15 is 0 Å². The van der Waals surface area contributed by atoms with Crippen LogP contribution in [0.3, 0.4) is 0 Å². The number of hydrogen-bond donors (Lipinski definition) is 2. The molecule has 0 aliphatic carbocycles. The van der Waals surface area contributed by atoms with Crippen molar-refractivity contribution in [3.8, 4) is 0 Å². The monoisotopic (exact) mass is 230 g/mol. The van der Waals surface area contributed by atoms with Crippen molar-refractivity contribution in [1.29, 1.82) is 0 Å². The maximum absolute atomic E-state index is 11.5. The maximum Gasteiger partial charge on any atom is 0.251 e. The first-order valence-corrected chi connectivity index (χ1v) is 5.93. The maximum atomic E-state index is 11.5. The lowest BCUT2D eigenvalue weighted by molar-refractivity contribution is 0.593. The Morgan fingerprint density at radius 1 is 1.35 bits per heavy atom. The van der Waals surface area contributed by atoms with Crippen LogP contribution in [0.4, 0.5) is 0 Å². The molecule has 1 unspecified atom stereocenters. The number of fused-ring (bicyclic) bond motifs is 1. The van der Waals surface area contributed by atoms with Crippen LogP contribution >= 0.6 is 0 Å². The van der Waals surface area contributed by atoms with E-state index in [2.05, 4.69) is 24.0 Å². The lowest BCUT2D eigenvalue weighted by atomic mass is 9.99. The number of hydrogen-bond acceptors (Lipinski definition) is 2. The third-order valence-electron chi connectivity index (χ3n) is 3.08. The highest BCUT2D eigenvalue weighted by atomic mass is 16.1. The highest BCUT2D eigenvalue weighted by molar-refractivity contribution is 5.79. The third kappa shape index (κ3) is 2.56. The average Bonchev–Trinajstić information content (AvgIpc) is 2.31. The van der Waals surface area contributed by atoms with E-state index < -0.39 is 0 Å². The van der Waals surface area contributed by atoms with Crippen molar-refractivity contribution in [1.82, 2.24) is 4.98 Å². The quantitative estimate of drug-likeness (QED) is 0.847. The summed E-state index contributed by atoms with van der Waals surface area (Å²) >= 11 is 0. The fraction of sp³-hybridized carbons (Fsp3) is 0.357. The Hall–Kier alpha value is -1.61. The molecule has 3 heteroatoms. The van der Waals surface area contributed by atoms with Gasteiger partial charge in [0.15, 0.2) is 0 Å². The molecule has 0 bridgehead atoms. The molecule has 0 amide bonds. The van der Waals surface area contributed by atoms with Crippen LogP contribution in [0, 0.1) is 12.8 Å². The highest BCUT2D eigenvalue weighted by Gasteiger charge is 2.04. The summed E-state index contributed by atoms with van der Waals surface area (Å²) in [6.45, 7) is 4.67. The second-order valence-electron chi connectivity index (χ2n) is 4.75. The van der Waals surface area contributed by atoms with Gasteiger partial charge in [0.25, 0.3) is 5.56 Å². The summed E-state index contributed by atoms with van der Waals surface area (Å²) in [7, 11) is 0. The van der Waals surface area contributed by atoms with E-state index in [9.17, 15) is 4.79 Å². The Bertz CT molecular complexity index is 586. The topological polar surface area (TPSA) is 58.9 Å². The summed E-state index contributed by atoms with van der Waals surface area (Å²) in [6.07, 6.45) is 0.977. The number of H-pyrrole nitrogens is 1. The molecule has 0 saturated heterocycles. The number of aromatic amines is 1. The van der Waals surface area contributed by atoms with E-state index in [1.165, 1.54) is 5.56 Å². The predicted molar refractivity (Wildman–Crippen MR) is 71.2 cm³/mol. The second kappa shape index (κ2) is 4.72. The van der Waals surface area contributed by atoms with Crippen molar-refractivity contribution >= 4 is 10.9 Å². The standard InChI is InChI=1S/C14H18N2O/c1-9(8-15)5-11-3-4-13-12(7-11)6-10(2)14(17)16-13/h3-4,6-7,9H,5,8,15H2,1-2H3,(H,16,17). The smallest absolute Gasteiger partial charge is 0.251 e. The molecule has 2 aromatic rings. The summed E-state index contributed by atoms with van der Waals surface area (Å²) in [5.74, 6) is 0.483. The van der Waals surface area contributed by atoms with Gasteiger partial charge in [0.05, 0.1) is 0 Å². The van der Waals surface area contributed by atoms with Gasteiger partial charge in [-0.2, -0.15) is 0 Å². The lowest BCUT2D eigenvalue weighted by Crippen LogP contribution is -2.13. The molecular formula is C14H18N2O. The molecule has 90 valence electrons. The van der Waals surface area contributed by atoms with Gasteiger partial charge in [0.2, 0.25) is 0 Å². The van der Waals surface area contributed by atoms with Gasteiger partial charge in [-0.25, -0.2) is 0 Å². The first-order valence-electron chi connectivity index (χ1n) is 5.93. The molecule has 0 aliphatic heterocycles. The minimum Gasteiger partial charge on any atom is -0.330 e. The number of pyridine rings is 1. The summed E-state index contributed by atoms with van der Waals surface area (Å²) in [5, 5.41) is 1.09. The van der Waals surface area contributed by atoms with Crippen molar-refractivity contribution in [2.45, 2.75) is 20.3 Å². The summed E-state index contributed by atoms with van der Waals surface area (Å²) in [6, 6.07) is 8.09. The van der Waals surface area contributed by atoms with Crippen molar-refractivity contribution in [3.63, 3.8) is 0 Å². The van der Waals surface area contributed by atoms with Crippen LogP contribution in [0.2, 0.25) is 0 Å². The van der Waals surface area contributed by atoms with Crippen molar-refractivity contribution in [2.75, 3.05) is 6.54 Å². The zero-order chi connectivity index (χ0) is 12.4. The Balaban J connectivity index is 2.43. The molecule has 1 atom stereocenters. The number of nitrogens with one attached hydrogen (secondary N) is 1. The van der Waals surface area contributed by atoms with Crippen LogP contribution in [-0.2, 0) is 6.42 Å². The summed E-state index contributed by atoms with van der Waals surface area (Å²) in [4.78, 5) is 14.3. The first-order chi connectivity index (χ1) is 8.10. The van der Waals surface area contributed by atoms with E-state index in [4.69, 9.17) is 5.73 Å². The zero-order valence-corrected chi connectivity index (χ0v) is 10.3. The fourth-order valence-electron chi connectivity index (χ4n) is 1.98. The van der Waals surface area contributed by atoms with Crippen LogP contribution < -0.4 is 11.3 Å². The minimum absolute atomic E-state index is 0.0134. The molecule has 0 spiro atoms. The molecule has 0 fully saturated rings. The molecule has 1 heterocycles. The first kappa shape index (κ1) is 11.9. The SMILES string of the molecule is Cc1cc2cc(CC(C)CN)ccc2[nH]c1=O. The van der Waals surface area contributed by atoms with Gasteiger partial charge in [0.1, 0.15) is 0 Å². The van der Waals surface area contributed by atoms with Gasteiger partial charge in [-0.15, -0.1) is 0 Å². The molecule has 3 N–H and O–H groups in total. The van der Waals surface area contributed by atoms with Crippen LogP contribution in [0.15, 0.2) is 29.1 Å². The predicted octanol–water partition coefficient (Wildman–Crippen LogP) is 1.97. The molecular weight excluding hydrogens is 212 g/mol. The largest absolute Gasteiger partial charge is 0.330 e. The number of aryl methyl sites for hydroxylation is 1. The molecule has 17 heavy (non-hydrogen) atoms. The number of nitrogens with two attached hydrogens (primary N) is 1. The van der Waals surface area contributed by atoms with Crippen molar-refractivity contribution < 1.29 is 0 Å². The molecule has 3 nitrogen and oxygen atoms in total. The van der Waals surface area contributed by atoms with Crippen LogP contribution in [0.1, 0.15) is 18.1 Å². The van der Waals surface area contributed by atoms with Gasteiger partial charge >= 0.3 is 0 Å². The Labute approximate surface area is 101 Å². The van der Waals surface area contributed by atoms with E-state index in [1.807, 2.05) is 19.1 Å².